The lowest BCUT2D eigenvalue weighted by Crippen LogP contribution is -2.56. The smallest absolute Gasteiger partial charge is 0.410 e. The highest BCUT2D eigenvalue weighted by molar-refractivity contribution is 5.68. The molecule has 2 aliphatic rings. The minimum atomic E-state index is -0.191. The van der Waals surface area contributed by atoms with Crippen LogP contribution in [0.4, 0.5) is 4.79 Å². The van der Waals surface area contributed by atoms with Gasteiger partial charge in [-0.1, -0.05) is 0 Å². The van der Waals surface area contributed by atoms with Crippen LogP contribution < -0.4 is 5.32 Å². The van der Waals surface area contributed by atoms with Crippen LogP contribution in [0.1, 0.15) is 46.5 Å². The number of fused-ring (bicyclic) bond motifs is 2. The first-order valence-corrected chi connectivity index (χ1v) is 6.55. The number of nitrogens with zero attached hydrogens (tertiary/aromatic N) is 1. The van der Waals surface area contributed by atoms with Crippen LogP contribution in [0.2, 0.25) is 0 Å². The highest BCUT2D eigenvalue weighted by Crippen LogP contribution is 2.33. The Labute approximate surface area is 104 Å². The largest absolute Gasteiger partial charge is 0.453 e. The van der Waals surface area contributed by atoms with Gasteiger partial charge >= 0.3 is 6.09 Å². The summed E-state index contributed by atoms with van der Waals surface area (Å²) in [6.45, 7) is 6.23. The molecule has 0 aromatic rings. The molecule has 2 saturated heterocycles. The van der Waals surface area contributed by atoms with Crippen molar-refractivity contribution in [2.24, 2.45) is 0 Å². The van der Waals surface area contributed by atoms with E-state index >= 15 is 0 Å². The van der Waals surface area contributed by atoms with Gasteiger partial charge in [-0.05, 0) is 46.5 Å². The molecule has 0 spiro atoms. The van der Waals surface area contributed by atoms with E-state index in [-0.39, 0.29) is 11.6 Å². The zero-order valence-electron chi connectivity index (χ0n) is 11.3. The maximum atomic E-state index is 12.0. The van der Waals surface area contributed by atoms with Gasteiger partial charge in [0.2, 0.25) is 0 Å². The summed E-state index contributed by atoms with van der Waals surface area (Å²) in [7, 11) is 1.47. The van der Waals surface area contributed by atoms with Gasteiger partial charge in [0.1, 0.15) is 0 Å². The minimum Gasteiger partial charge on any atom is -0.453 e. The van der Waals surface area contributed by atoms with Crippen molar-refractivity contribution in [3.8, 4) is 0 Å². The minimum absolute atomic E-state index is 0.172. The summed E-state index contributed by atoms with van der Waals surface area (Å²) in [6.07, 6.45) is 4.43. The predicted octanol–water partition coefficient (Wildman–Crippen LogP) is 2.14. The van der Waals surface area contributed by atoms with E-state index in [2.05, 4.69) is 26.1 Å². The van der Waals surface area contributed by atoms with Crippen molar-refractivity contribution >= 4 is 6.09 Å². The fraction of sp³-hybridized carbons (Fsp3) is 0.923. The van der Waals surface area contributed by atoms with Crippen molar-refractivity contribution in [2.75, 3.05) is 7.11 Å². The van der Waals surface area contributed by atoms with Gasteiger partial charge in [0.15, 0.2) is 0 Å². The number of amides is 1. The van der Waals surface area contributed by atoms with E-state index in [0.29, 0.717) is 18.1 Å². The van der Waals surface area contributed by atoms with Crippen LogP contribution in [0.25, 0.3) is 0 Å². The van der Waals surface area contributed by atoms with Crippen LogP contribution in [0.15, 0.2) is 0 Å². The molecule has 98 valence electrons. The zero-order chi connectivity index (χ0) is 12.6. The van der Waals surface area contributed by atoms with E-state index in [1.807, 2.05) is 4.90 Å². The number of ether oxygens (including phenoxy) is 1. The number of carbonyl (C=O) groups excluding carboxylic acids is 1. The van der Waals surface area contributed by atoms with Gasteiger partial charge in [-0.3, -0.25) is 0 Å². The molecule has 0 saturated carbocycles. The van der Waals surface area contributed by atoms with Gasteiger partial charge in [0, 0.05) is 23.7 Å². The molecule has 2 atom stereocenters. The number of nitrogens with one attached hydrogen (secondary N) is 1. The molecule has 2 unspecified atom stereocenters. The molecule has 2 heterocycles. The number of piperidine rings is 1. The van der Waals surface area contributed by atoms with Crippen LogP contribution in [0, 0.1) is 0 Å². The first kappa shape index (κ1) is 12.7. The van der Waals surface area contributed by atoms with Crippen molar-refractivity contribution in [3.63, 3.8) is 0 Å². The lowest BCUT2D eigenvalue weighted by molar-refractivity contribution is 0.0409. The standard InChI is InChI=1S/C13H24N2O2/c1-13(2,3)15(12(16)17-4)11-7-9-5-6-10(8-11)14-9/h9-11,14H,5-8H2,1-4H3. The highest BCUT2D eigenvalue weighted by Gasteiger charge is 2.41. The quantitative estimate of drug-likeness (QED) is 0.763. The summed E-state index contributed by atoms with van der Waals surface area (Å²) in [5.41, 5.74) is -0.172. The molecule has 0 radical (unpaired) electrons. The third-order valence-corrected chi connectivity index (χ3v) is 3.91. The molecule has 2 aliphatic heterocycles. The average molecular weight is 240 g/mol. The molecule has 2 fully saturated rings. The molecule has 4 heteroatoms. The van der Waals surface area contributed by atoms with Crippen molar-refractivity contribution < 1.29 is 9.53 Å². The third kappa shape index (κ3) is 2.57. The molecule has 17 heavy (non-hydrogen) atoms. The highest BCUT2D eigenvalue weighted by atomic mass is 16.5. The molecule has 1 N–H and O–H groups in total. The predicted molar refractivity (Wildman–Crippen MR) is 67.0 cm³/mol. The fourth-order valence-corrected chi connectivity index (χ4v) is 3.31. The number of carbonyl (C=O) groups is 1. The molecule has 2 bridgehead atoms. The molecule has 0 aromatic heterocycles. The second kappa shape index (κ2) is 4.48. The zero-order valence-corrected chi connectivity index (χ0v) is 11.3. The Morgan fingerprint density at radius 2 is 1.76 bits per heavy atom. The second-order valence-electron chi connectivity index (χ2n) is 6.27. The topological polar surface area (TPSA) is 41.6 Å². The SMILES string of the molecule is COC(=O)N(C1CC2CCC(C1)N2)C(C)(C)C. The van der Waals surface area contributed by atoms with Crippen LogP contribution in [0.3, 0.4) is 0 Å². The summed E-state index contributed by atoms with van der Waals surface area (Å²) >= 11 is 0. The molecule has 0 aromatic carbocycles. The Hall–Kier alpha value is -0.770. The van der Waals surface area contributed by atoms with E-state index in [4.69, 9.17) is 4.74 Å². The van der Waals surface area contributed by atoms with E-state index in [9.17, 15) is 4.79 Å². The van der Waals surface area contributed by atoms with Crippen molar-refractivity contribution in [3.05, 3.63) is 0 Å². The maximum Gasteiger partial charge on any atom is 0.410 e. The summed E-state index contributed by atoms with van der Waals surface area (Å²) in [5.74, 6) is 0. The van der Waals surface area contributed by atoms with Gasteiger partial charge in [0.25, 0.3) is 0 Å². The third-order valence-electron chi connectivity index (χ3n) is 3.91. The average Bonchev–Trinajstić information content (AvgIpc) is 2.56. The van der Waals surface area contributed by atoms with Crippen LogP contribution in [-0.2, 0) is 4.74 Å². The second-order valence-corrected chi connectivity index (χ2v) is 6.27. The van der Waals surface area contributed by atoms with Crippen LogP contribution in [-0.4, -0.2) is 41.8 Å². The molecule has 1 amide bonds. The van der Waals surface area contributed by atoms with Gasteiger partial charge < -0.3 is 15.0 Å². The van der Waals surface area contributed by atoms with Crippen molar-refractivity contribution in [1.29, 1.82) is 0 Å². The van der Waals surface area contributed by atoms with E-state index < -0.39 is 0 Å². The molecule has 0 aliphatic carbocycles. The summed E-state index contributed by atoms with van der Waals surface area (Å²) in [5, 5.41) is 3.60. The Bertz CT molecular complexity index is 286. The molecule has 2 rings (SSSR count). The Balaban J connectivity index is 2.13. The lowest BCUT2D eigenvalue weighted by Gasteiger charge is -2.44. The van der Waals surface area contributed by atoms with Crippen molar-refractivity contribution in [1.82, 2.24) is 10.2 Å². The van der Waals surface area contributed by atoms with E-state index in [1.54, 1.807) is 0 Å². The lowest BCUT2D eigenvalue weighted by atomic mass is 9.94. The number of methoxy groups -OCH3 is 1. The fourth-order valence-electron chi connectivity index (χ4n) is 3.31. The number of hydrogen-bond donors (Lipinski definition) is 1. The summed E-state index contributed by atoms with van der Waals surface area (Å²) < 4.78 is 4.95. The van der Waals surface area contributed by atoms with Crippen LogP contribution >= 0.6 is 0 Å². The Kier molecular flexibility index (Phi) is 3.34. The first-order chi connectivity index (χ1) is 7.91. The molecular weight excluding hydrogens is 216 g/mol. The van der Waals surface area contributed by atoms with Gasteiger partial charge in [-0.2, -0.15) is 0 Å². The normalized spacial score (nSPS) is 32.4. The molecular formula is C13H24N2O2. The maximum absolute atomic E-state index is 12.0. The Morgan fingerprint density at radius 1 is 1.24 bits per heavy atom. The summed E-state index contributed by atoms with van der Waals surface area (Å²) in [6, 6.07) is 1.50. The van der Waals surface area contributed by atoms with Gasteiger partial charge in [0.05, 0.1) is 7.11 Å². The van der Waals surface area contributed by atoms with Gasteiger partial charge in [-0.15, -0.1) is 0 Å². The van der Waals surface area contributed by atoms with Crippen molar-refractivity contribution in [2.45, 2.75) is 70.1 Å². The monoisotopic (exact) mass is 240 g/mol. The van der Waals surface area contributed by atoms with Gasteiger partial charge in [-0.25, -0.2) is 4.79 Å². The summed E-state index contributed by atoms with van der Waals surface area (Å²) in [4.78, 5) is 13.9. The van der Waals surface area contributed by atoms with E-state index in [1.165, 1.54) is 20.0 Å². The number of hydrogen-bond acceptors (Lipinski definition) is 3. The van der Waals surface area contributed by atoms with Crippen LogP contribution in [0.5, 0.6) is 0 Å². The molecule has 4 nitrogen and oxygen atoms in total. The number of rotatable bonds is 1. The first-order valence-electron chi connectivity index (χ1n) is 6.55. The Morgan fingerprint density at radius 3 is 2.18 bits per heavy atom. The van der Waals surface area contributed by atoms with E-state index in [0.717, 1.165) is 12.8 Å².